The van der Waals surface area contributed by atoms with Crippen LogP contribution in [0.25, 0.3) is 0 Å². The van der Waals surface area contributed by atoms with Crippen molar-refractivity contribution < 1.29 is 66.1 Å². The average molecular weight is 338 g/mol. The van der Waals surface area contributed by atoms with Crippen molar-refractivity contribution in [3.05, 3.63) is 0 Å². The summed E-state index contributed by atoms with van der Waals surface area (Å²) in [6.45, 7) is 7.31. The molecule has 1 amide bonds. The second-order valence-corrected chi connectivity index (χ2v) is 5.69. The minimum atomic E-state index is -1.12. The van der Waals surface area contributed by atoms with Gasteiger partial charge in [-0.2, -0.15) is 0 Å². The molecular formula is C17H32KNO3. The van der Waals surface area contributed by atoms with E-state index in [1.54, 1.807) is 4.90 Å². The summed E-state index contributed by atoms with van der Waals surface area (Å²) in [7, 11) is 0. The predicted molar refractivity (Wildman–Crippen MR) is 83.7 cm³/mol. The first-order valence-corrected chi connectivity index (χ1v) is 8.55. The van der Waals surface area contributed by atoms with E-state index in [0.29, 0.717) is 19.5 Å². The Morgan fingerprint density at radius 2 is 1.41 bits per heavy atom. The molecule has 0 heterocycles. The number of nitrogens with zero attached hydrogens (tertiary/aromatic N) is 1. The van der Waals surface area contributed by atoms with Gasteiger partial charge in [0.25, 0.3) is 0 Å². The van der Waals surface area contributed by atoms with Gasteiger partial charge in [-0.05, 0) is 26.7 Å². The molecule has 0 aliphatic rings. The van der Waals surface area contributed by atoms with Crippen LogP contribution < -0.4 is 56.5 Å². The van der Waals surface area contributed by atoms with Crippen molar-refractivity contribution >= 4 is 11.9 Å². The molecule has 0 fully saturated rings. The molecular weight excluding hydrogens is 305 g/mol. The maximum absolute atomic E-state index is 12.3. The Morgan fingerprint density at radius 3 is 1.86 bits per heavy atom. The zero-order chi connectivity index (χ0) is 16.1. The third-order valence-electron chi connectivity index (χ3n) is 3.99. The molecule has 0 saturated carbocycles. The van der Waals surface area contributed by atoms with Crippen LogP contribution in [0, 0.1) is 5.92 Å². The Morgan fingerprint density at radius 1 is 0.909 bits per heavy atom. The van der Waals surface area contributed by atoms with Crippen LogP contribution in [0.3, 0.4) is 0 Å². The smallest absolute Gasteiger partial charge is 0.550 e. The second-order valence-electron chi connectivity index (χ2n) is 5.69. The SMILES string of the molecule is CCCCCCCCCC(CC(=O)[O-])C(=O)N(CC)CC.[K+]. The van der Waals surface area contributed by atoms with Gasteiger partial charge >= 0.3 is 51.4 Å². The quantitative estimate of drug-likeness (QED) is 0.344. The van der Waals surface area contributed by atoms with Gasteiger partial charge in [0.15, 0.2) is 0 Å². The van der Waals surface area contributed by atoms with E-state index in [9.17, 15) is 14.7 Å². The molecule has 0 radical (unpaired) electrons. The Kier molecular flexibility index (Phi) is 18.5. The Hall–Kier alpha value is 0.576. The minimum absolute atomic E-state index is 0. The van der Waals surface area contributed by atoms with E-state index >= 15 is 0 Å². The summed E-state index contributed by atoms with van der Waals surface area (Å²) in [5.41, 5.74) is 0. The van der Waals surface area contributed by atoms with Gasteiger partial charge in [0.2, 0.25) is 5.91 Å². The molecule has 1 unspecified atom stereocenters. The van der Waals surface area contributed by atoms with Gasteiger partial charge in [0.1, 0.15) is 0 Å². The van der Waals surface area contributed by atoms with Crippen LogP contribution in [0.4, 0.5) is 0 Å². The first kappa shape index (κ1) is 24.8. The van der Waals surface area contributed by atoms with E-state index < -0.39 is 11.9 Å². The number of hydrogen-bond donors (Lipinski definition) is 0. The molecule has 1 atom stereocenters. The first-order valence-electron chi connectivity index (χ1n) is 8.55. The fourth-order valence-electron chi connectivity index (χ4n) is 2.66. The summed E-state index contributed by atoms with van der Waals surface area (Å²) in [6.07, 6.45) is 8.75. The van der Waals surface area contributed by atoms with Crippen molar-refractivity contribution in [1.82, 2.24) is 4.90 Å². The number of carboxylic acids is 1. The largest absolute Gasteiger partial charge is 1.00 e. The number of unbranched alkanes of at least 4 members (excludes halogenated alkanes) is 6. The van der Waals surface area contributed by atoms with Crippen LogP contribution >= 0.6 is 0 Å². The normalized spacial score (nSPS) is 11.6. The number of carboxylic acid groups (broad SMARTS) is 1. The van der Waals surface area contributed by atoms with E-state index in [0.717, 1.165) is 12.8 Å². The van der Waals surface area contributed by atoms with E-state index in [4.69, 9.17) is 0 Å². The van der Waals surface area contributed by atoms with Gasteiger partial charge in [-0.25, -0.2) is 0 Å². The topological polar surface area (TPSA) is 60.4 Å². The molecule has 0 saturated heterocycles. The summed E-state index contributed by atoms with van der Waals surface area (Å²) in [5.74, 6) is -1.57. The fourth-order valence-corrected chi connectivity index (χ4v) is 2.66. The van der Waals surface area contributed by atoms with Crippen molar-refractivity contribution in [2.75, 3.05) is 13.1 Å². The molecule has 0 N–H and O–H groups in total. The maximum Gasteiger partial charge on any atom is 1.00 e. The van der Waals surface area contributed by atoms with E-state index in [1.165, 1.54) is 32.1 Å². The molecule has 0 bridgehead atoms. The van der Waals surface area contributed by atoms with E-state index in [2.05, 4.69) is 6.92 Å². The van der Waals surface area contributed by atoms with Crippen LogP contribution in [-0.2, 0) is 9.59 Å². The van der Waals surface area contributed by atoms with Gasteiger partial charge in [-0.3, -0.25) is 4.79 Å². The fraction of sp³-hybridized carbons (Fsp3) is 0.882. The van der Waals surface area contributed by atoms with Crippen molar-refractivity contribution in [1.29, 1.82) is 0 Å². The summed E-state index contributed by atoms with van der Waals surface area (Å²) in [4.78, 5) is 24.8. The number of carbonyl (C=O) groups is 2. The average Bonchev–Trinajstić information content (AvgIpc) is 2.45. The minimum Gasteiger partial charge on any atom is -0.550 e. The van der Waals surface area contributed by atoms with Crippen molar-refractivity contribution in [3.63, 3.8) is 0 Å². The van der Waals surface area contributed by atoms with Crippen LogP contribution in [-0.4, -0.2) is 29.9 Å². The van der Waals surface area contributed by atoms with Gasteiger partial charge in [-0.15, -0.1) is 0 Å². The predicted octanol–water partition coefficient (Wildman–Crippen LogP) is -0.244. The Balaban J connectivity index is 0. The Bertz CT molecular complexity index is 294. The summed E-state index contributed by atoms with van der Waals surface area (Å²) in [6, 6.07) is 0. The number of hydrogen-bond acceptors (Lipinski definition) is 3. The molecule has 0 aromatic heterocycles. The Labute approximate surface area is 178 Å². The number of aliphatic carboxylic acids is 1. The van der Waals surface area contributed by atoms with Crippen molar-refractivity contribution in [2.45, 2.75) is 78.6 Å². The maximum atomic E-state index is 12.3. The first-order chi connectivity index (χ1) is 10.1. The van der Waals surface area contributed by atoms with Crippen LogP contribution in [0.5, 0.6) is 0 Å². The molecule has 22 heavy (non-hydrogen) atoms. The van der Waals surface area contributed by atoms with Crippen LogP contribution in [0.2, 0.25) is 0 Å². The zero-order valence-corrected chi connectivity index (χ0v) is 18.2. The van der Waals surface area contributed by atoms with Gasteiger partial charge < -0.3 is 14.8 Å². The third kappa shape index (κ3) is 12.1. The molecule has 5 heteroatoms. The standard InChI is InChI=1S/C17H33NO3.K/c1-4-7-8-9-10-11-12-13-15(14-16(19)20)17(21)18(5-2)6-3;/h15H,4-14H2,1-3H3,(H,19,20);/q;+1/p-1. The number of amides is 1. The number of rotatable bonds is 13. The summed E-state index contributed by atoms with van der Waals surface area (Å²) in [5, 5.41) is 10.8. The summed E-state index contributed by atoms with van der Waals surface area (Å²) < 4.78 is 0. The van der Waals surface area contributed by atoms with E-state index in [1.807, 2.05) is 13.8 Å². The van der Waals surface area contributed by atoms with E-state index in [-0.39, 0.29) is 63.7 Å². The van der Waals surface area contributed by atoms with Crippen molar-refractivity contribution in [2.24, 2.45) is 5.92 Å². The van der Waals surface area contributed by atoms with Gasteiger partial charge in [-0.1, -0.05) is 51.9 Å². The molecule has 0 spiro atoms. The van der Waals surface area contributed by atoms with Gasteiger partial charge in [0.05, 0.1) is 0 Å². The molecule has 0 aromatic rings. The monoisotopic (exact) mass is 337 g/mol. The molecule has 0 aromatic carbocycles. The molecule has 0 aliphatic heterocycles. The zero-order valence-electron chi connectivity index (χ0n) is 15.0. The summed E-state index contributed by atoms with van der Waals surface area (Å²) >= 11 is 0. The molecule has 124 valence electrons. The second kappa shape index (κ2) is 16.4. The van der Waals surface area contributed by atoms with Gasteiger partial charge in [0, 0.05) is 25.0 Å². The molecule has 0 aliphatic carbocycles. The third-order valence-corrected chi connectivity index (χ3v) is 3.99. The number of carbonyl (C=O) groups excluding carboxylic acids is 2. The molecule has 0 rings (SSSR count). The van der Waals surface area contributed by atoms with Crippen molar-refractivity contribution in [3.8, 4) is 0 Å². The molecule has 4 nitrogen and oxygen atoms in total. The van der Waals surface area contributed by atoms with Crippen LogP contribution in [0.15, 0.2) is 0 Å². The van der Waals surface area contributed by atoms with Crippen LogP contribution in [0.1, 0.15) is 78.6 Å².